The third-order valence-electron chi connectivity index (χ3n) is 4.14. The number of nitrogens with zero attached hydrogens (tertiary/aromatic N) is 1. The molecule has 1 aliphatic rings. The number of rotatable bonds is 2. The Bertz CT molecular complexity index is 467. The molecule has 0 N–H and O–H groups in total. The Morgan fingerprint density at radius 2 is 1.63 bits per heavy atom. The molecule has 0 aliphatic carbocycles. The second-order valence-electron chi connectivity index (χ2n) is 6.73. The second-order valence-corrected chi connectivity index (χ2v) is 6.73. The molecule has 0 radical (unpaired) electrons. The van der Waals surface area contributed by atoms with Crippen molar-refractivity contribution in [3.8, 4) is 0 Å². The predicted molar refractivity (Wildman–Crippen MR) is 78.8 cm³/mol. The van der Waals surface area contributed by atoms with E-state index >= 15 is 0 Å². The van der Waals surface area contributed by atoms with Crippen molar-refractivity contribution >= 4 is 12.6 Å². The maximum Gasteiger partial charge on any atom is 0.496 e. The van der Waals surface area contributed by atoms with Crippen LogP contribution in [-0.2, 0) is 9.31 Å². The van der Waals surface area contributed by atoms with Gasteiger partial charge in [0.1, 0.15) is 0 Å². The first-order valence-electron chi connectivity index (χ1n) is 6.96. The van der Waals surface area contributed by atoms with E-state index in [4.69, 9.17) is 9.31 Å². The SMILES string of the molecule is Cc1cnc(C(C)C)c(B2OC(C)(C)C(C)(C)O2)c1. The molecule has 1 aromatic heterocycles. The van der Waals surface area contributed by atoms with Gasteiger partial charge in [0.2, 0.25) is 0 Å². The zero-order valence-corrected chi connectivity index (χ0v) is 13.1. The largest absolute Gasteiger partial charge is 0.496 e. The molecule has 0 unspecified atom stereocenters. The molecule has 104 valence electrons. The summed E-state index contributed by atoms with van der Waals surface area (Å²) in [5.74, 6) is 0.356. The molecule has 2 rings (SSSR count). The number of aromatic nitrogens is 1. The first-order valence-corrected chi connectivity index (χ1v) is 6.96. The fourth-order valence-electron chi connectivity index (χ4n) is 2.24. The van der Waals surface area contributed by atoms with Gasteiger partial charge in [0.15, 0.2) is 0 Å². The molecule has 2 heterocycles. The Kier molecular flexibility index (Phi) is 3.52. The summed E-state index contributed by atoms with van der Waals surface area (Å²) in [4.78, 5) is 4.56. The smallest absolute Gasteiger partial charge is 0.399 e. The second kappa shape index (κ2) is 4.60. The predicted octanol–water partition coefficient (Wildman–Crippen LogP) is 2.81. The van der Waals surface area contributed by atoms with E-state index < -0.39 is 0 Å². The highest BCUT2D eigenvalue weighted by Gasteiger charge is 2.52. The average molecular weight is 261 g/mol. The first kappa shape index (κ1) is 14.5. The zero-order valence-electron chi connectivity index (χ0n) is 13.1. The molecule has 0 atom stereocenters. The summed E-state index contributed by atoms with van der Waals surface area (Å²) in [5.41, 5.74) is 2.64. The Labute approximate surface area is 116 Å². The van der Waals surface area contributed by atoms with Crippen LogP contribution in [0.25, 0.3) is 0 Å². The van der Waals surface area contributed by atoms with Gasteiger partial charge in [-0.1, -0.05) is 19.9 Å². The standard InChI is InChI=1S/C15H24BNO2/c1-10(2)13-12(8-11(3)9-17-13)16-18-14(4,5)15(6,7)19-16/h8-10H,1-7H3. The van der Waals surface area contributed by atoms with Crippen LogP contribution in [0.4, 0.5) is 0 Å². The third-order valence-corrected chi connectivity index (χ3v) is 4.14. The van der Waals surface area contributed by atoms with Crippen LogP contribution < -0.4 is 5.46 Å². The molecule has 0 aromatic carbocycles. The monoisotopic (exact) mass is 261 g/mol. The zero-order chi connectivity index (χ0) is 14.4. The van der Waals surface area contributed by atoms with Crippen LogP contribution >= 0.6 is 0 Å². The summed E-state index contributed by atoms with van der Waals surface area (Å²) in [7, 11) is -0.324. The summed E-state index contributed by atoms with van der Waals surface area (Å²) < 4.78 is 12.3. The van der Waals surface area contributed by atoms with Crippen LogP contribution in [0.5, 0.6) is 0 Å². The van der Waals surface area contributed by atoms with Crippen LogP contribution in [0, 0.1) is 6.92 Å². The van der Waals surface area contributed by atoms with Gasteiger partial charge in [0, 0.05) is 17.4 Å². The van der Waals surface area contributed by atoms with Crippen molar-refractivity contribution in [3.05, 3.63) is 23.5 Å². The fraction of sp³-hybridized carbons (Fsp3) is 0.667. The van der Waals surface area contributed by atoms with Gasteiger partial charge in [-0.2, -0.15) is 0 Å². The van der Waals surface area contributed by atoms with Crippen molar-refractivity contribution in [2.75, 3.05) is 0 Å². The van der Waals surface area contributed by atoms with Crippen molar-refractivity contribution in [3.63, 3.8) is 0 Å². The third kappa shape index (κ3) is 2.56. The van der Waals surface area contributed by atoms with Gasteiger partial charge >= 0.3 is 7.12 Å². The summed E-state index contributed by atoms with van der Waals surface area (Å²) in [6, 6.07) is 2.13. The average Bonchev–Trinajstić information content (AvgIpc) is 2.47. The maximum atomic E-state index is 6.13. The molecule has 3 nitrogen and oxygen atoms in total. The van der Waals surface area contributed by atoms with E-state index in [1.54, 1.807) is 0 Å². The number of hydrogen-bond donors (Lipinski definition) is 0. The van der Waals surface area contributed by atoms with E-state index in [9.17, 15) is 0 Å². The minimum atomic E-state index is -0.324. The molecule has 1 aromatic rings. The lowest BCUT2D eigenvalue weighted by atomic mass is 9.75. The fourth-order valence-corrected chi connectivity index (χ4v) is 2.24. The van der Waals surface area contributed by atoms with E-state index in [-0.39, 0.29) is 18.3 Å². The highest BCUT2D eigenvalue weighted by atomic mass is 16.7. The highest BCUT2D eigenvalue weighted by molar-refractivity contribution is 6.62. The summed E-state index contributed by atoms with van der Waals surface area (Å²) in [5, 5.41) is 0. The normalized spacial score (nSPS) is 21.2. The molecule has 19 heavy (non-hydrogen) atoms. The van der Waals surface area contributed by atoms with E-state index in [1.165, 1.54) is 0 Å². The van der Waals surface area contributed by atoms with Crippen LogP contribution in [0.15, 0.2) is 12.3 Å². The van der Waals surface area contributed by atoms with Gasteiger partial charge in [0.05, 0.1) is 11.2 Å². The van der Waals surface area contributed by atoms with Gasteiger partial charge in [-0.05, 0) is 46.1 Å². The summed E-state index contributed by atoms with van der Waals surface area (Å²) in [6.45, 7) is 14.6. The summed E-state index contributed by atoms with van der Waals surface area (Å²) in [6.07, 6.45) is 1.91. The molecule has 1 aliphatic heterocycles. The molecule has 4 heteroatoms. The number of aryl methyl sites for hydroxylation is 1. The van der Waals surface area contributed by atoms with Crippen molar-refractivity contribution in [2.24, 2.45) is 0 Å². The lowest BCUT2D eigenvalue weighted by Crippen LogP contribution is -2.41. The molecule has 0 amide bonds. The minimum absolute atomic E-state index is 0.310. The van der Waals surface area contributed by atoms with E-state index in [0.717, 1.165) is 16.7 Å². The van der Waals surface area contributed by atoms with E-state index in [2.05, 4.69) is 52.6 Å². The van der Waals surface area contributed by atoms with Crippen LogP contribution in [0.2, 0.25) is 0 Å². The van der Waals surface area contributed by atoms with Gasteiger partial charge < -0.3 is 9.31 Å². The van der Waals surface area contributed by atoms with Gasteiger partial charge in [-0.15, -0.1) is 0 Å². The van der Waals surface area contributed by atoms with E-state index in [1.807, 2.05) is 13.1 Å². The molecular weight excluding hydrogens is 237 g/mol. The van der Waals surface area contributed by atoms with Crippen LogP contribution in [0.1, 0.15) is 58.7 Å². The Morgan fingerprint density at radius 1 is 1.11 bits per heavy atom. The Morgan fingerprint density at radius 3 is 2.11 bits per heavy atom. The van der Waals surface area contributed by atoms with Crippen molar-refractivity contribution < 1.29 is 9.31 Å². The quantitative estimate of drug-likeness (QED) is 0.767. The van der Waals surface area contributed by atoms with Gasteiger partial charge in [0.25, 0.3) is 0 Å². The highest BCUT2D eigenvalue weighted by Crippen LogP contribution is 2.36. The topological polar surface area (TPSA) is 31.4 Å². The minimum Gasteiger partial charge on any atom is -0.399 e. The lowest BCUT2D eigenvalue weighted by Gasteiger charge is -2.32. The first-order chi connectivity index (χ1) is 8.64. The summed E-state index contributed by atoms with van der Waals surface area (Å²) >= 11 is 0. The molecule has 0 bridgehead atoms. The van der Waals surface area contributed by atoms with Crippen molar-refractivity contribution in [1.29, 1.82) is 0 Å². The lowest BCUT2D eigenvalue weighted by molar-refractivity contribution is 0.00578. The van der Waals surface area contributed by atoms with E-state index in [0.29, 0.717) is 5.92 Å². The molecule has 1 saturated heterocycles. The Balaban J connectivity index is 2.41. The van der Waals surface area contributed by atoms with Crippen molar-refractivity contribution in [1.82, 2.24) is 4.98 Å². The maximum absolute atomic E-state index is 6.13. The molecular formula is C15H24BNO2. The Hall–Kier alpha value is -0.865. The molecule has 1 fully saturated rings. The number of pyridine rings is 1. The van der Waals surface area contributed by atoms with Crippen LogP contribution in [-0.4, -0.2) is 23.3 Å². The molecule has 0 saturated carbocycles. The van der Waals surface area contributed by atoms with Gasteiger partial charge in [-0.3, -0.25) is 4.98 Å². The van der Waals surface area contributed by atoms with Gasteiger partial charge in [-0.25, -0.2) is 0 Å². The molecule has 0 spiro atoms. The van der Waals surface area contributed by atoms with Crippen LogP contribution in [0.3, 0.4) is 0 Å². The number of hydrogen-bond acceptors (Lipinski definition) is 3. The van der Waals surface area contributed by atoms with Crippen molar-refractivity contribution in [2.45, 2.75) is 65.6 Å².